The molecule has 1 aromatic rings. The first-order valence-electron chi connectivity index (χ1n) is 5.00. The Morgan fingerprint density at radius 1 is 1.29 bits per heavy atom. The first kappa shape index (κ1) is 12.9. The number of halogens is 2. The first-order chi connectivity index (χ1) is 8.01. The number of nitrogens with zero attached hydrogens (tertiary/aromatic N) is 3. The van der Waals surface area contributed by atoms with Crippen LogP contribution in [0.15, 0.2) is 12.1 Å². The lowest BCUT2D eigenvalue weighted by Crippen LogP contribution is -2.24. The second-order valence-corrected chi connectivity index (χ2v) is 3.78. The zero-order chi connectivity index (χ0) is 13.0. The summed E-state index contributed by atoms with van der Waals surface area (Å²) in [6, 6.07) is 6.14. The van der Waals surface area contributed by atoms with Gasteiger partial charge in [-0.05, 0) is 19.1 Å². The lowest BCUT2D eigenvalue weighted by molar-refractivity contribution is 0.504. The molecule has 3 nitrogen and oxygen atoms in total. The van der Waals surface area contributed by atoms with Crippen molar-refractivity contribution >= 4 is 5.69 Å². The van der Waals surface area contributed by atoms with E-state index >= 15 is 0 Å². The zero-order valence-corrected chi connectivity index (χ0v) is 9.54. The van der Waals surface area contributed by atoms with Crippen LogP contribution in [-0.4, -0.2) is 13.6 Å². The Morgan fingerprint density at radius 2 is 1.94 bits per heavy atom. The molecule has 0 N–H and O–H groups in total. The third-order valence-electron chi connectivity index (χ3n) is 2.36. The van der Waals surface area contributed by atoms with Crippen LogP contribution in [0.2, 0.25) is 0 Å². The van der Waals surface area contributed by atoms with Gasteiger partial charge in [0, 0.05) is 13.6 Å². The van der Waals surface area contributed by atoms with Crippen molar-refractivity contribution < 1.29 is 8.78 Å². The lowest BCUT2D eigenvalue weighted by Gasteiger charge is -2.21. The summed E-state index contributed by atoms with van der Waals surface area (Å²) in [4.78, 5) is 1.45. The zero-order valence-electron chi connectivity index (χ0n) is 9.54. The second kappa shape index (κ2) is 5.27. The normalized spacial score (nSPS) is 11.4. The molecule has 0 heterocycles. The molecule has 1 atom stereocenters. The summed E-state index contributed by atoms with van der Waals surface area (Å²) in [5.41, 5.74) is -0.281. The van der Waals surface area contributed by atoms with Gasteiger partial charge in [0.05, 0.1) is 23.2 Å². The molecule has 0 saturated carbocycles. The molecule has 0 saturated heterocycles. The molecule has 1 unspecified atom stereocenters. The van der Waals surface area contributed by atoms with E-state index in [1.807, 2.05) is 6.07 Å². The molecule has 1 aromatic carbocycles. The average molecular weight is 235 g/mol. The van der Waals surface area contributed by atoms with Gasteiger partial charge in [0.1, 0.15) is 6.07 Å². The molecule has 0 radical (unpaired) electrons. The molecule has 0 aliphatic rings. The molecule has 0 bridgehead atoms. The Kier molecular flexibility index (Phi) is 4.01. The van der Waals surface area contributed by atoms with Gasteiger partial charge in [0.15, 0.2) is 11.6 Å². The van der Waals surface area contributed by atoms with E-state index in [0.717, 1.165) is 0 Å². The van der Waals surface area contributed by atoms with Crippen molar-refractivity contribution in [2.45, 2.75) is 6.92 Å². The van der Waals surface area contributed by atoms with Crippen molar-refractivity contribution in [3.8, 4) is 12.1 Å². The summed E-state index contributed by atoms with van der Waals surface area (Å²) in [6.07, 6.45) is 0. The maximum absolute atomic E-state index is 13.6. The van der Waals surface area contributed by atoms with Crippen LogP contribution in [0, 0.1) is 40.2 Å². The number of hydrogen-bond donors (Lipinski definition) is 0. The minimum absolute atomic E-state index is 0.0450. The molecule has 88 valence electrons. The highest BCUT2D eigenvalue weighted by Crippen LogP contribution is 2.23. The van der Waals surface area contributed by atoms with Gasteiger partial charge in [0.25, 0.3) is 0 Å². The Bertz CT molecular complexity index is 500. The van der Waals surface area contributed by atoms with E-state index in [4.69, 9.17) is 10.5 Å². The van der Waals surface area contributed by atoms with Gasteiger partial charge in [-0.2, -0.15) is 10.5 Å². The topological polar surface area (TPSA) is 50.8 Å². The molecular weight excluding hydrogens is 224 g/mol. The average Bonchev–Trinajstić information content (AvgIpc) is 2.32. The molecule has 0 aliphatic carbocycles. The summed E-state index contributed by atoms with van der Waals surface area (Å²) in [7, 11) is 1.57. The Hall–Kier alpha value is -2.14. The van der Waals surface area contributed by atoms with Crippen LogP contribution in [0.5, 0.6) is 0 Å². The Labute approximate surface area is 98.5 Å². The van der Waals surface area contributed by atoms with Crippen LogP contribution in [0.25, 0.3) is 0 Å². The highest BCUT2D eigenvalue weighted by atomic mass is 19.2. The van der Waals surface area contributed by atoms with Crippen LogP contribution in [0.3, 0.4) is 0 Å². The monoisotopic (exact) mass is 235 g/mol. The summed E-state index contributed by atoms with van der Waals surface area (Å²) < 4.78 is 27.0. The summed E-state index contributed by atoms with van der Waals surface area (Å²) in [6.45, 7) is 1.98. The van der Waals surface area contributed by atoms with Gasteiger partial charge in [-0.1, -0.05) is 0 Å². The van der Waals surface area contributed by atoms with Crippen LogP contribution >= 0.6 is 0 Å². The minimum atomic E-state index is -1.15. The van der Waals surface area contributed by atoms with Crippen LogP contribution in [0.4, 0.5) is 14.5 Å². The second-order valence-electron chi connectivity index (χ2n) is 3.78. The number of nitriles is 2. The number of benzene rings is 1. The van der Waals surface area contributed by atoms with E-state index in [1.54, 1.807) is 20.0 Å². The molecule has 1 rings (SSSR count). The van der Waals surface area contributed by atoms with Crippen LogP contribution in [0.1, 0.15) is 12.5 Å². The van der Waals surface area contributed by atoms with E-state index in [9.17, 15) is 8.78 Å². The van der Waals surface area contributed by atoms with Crippen LogP contribution in [-0.2, 0) is 0 Å². The maximum atomic E-state index is 13.6. The van der Waals surface area contributed by atoms with Crippen molar-refractivity contribution in [1.29, 1.82) is 10.5 Å². The van der Waals surface area contributed by atoms with E-state index in [0.29, 0.717) is 6.54 Å². The standard InChI is InChI=1S/C12H11F2N3/c1-8(5-15)7-17(2)10-4-3-9(6-16)11(13)12(10)14/h3-4,8H,7H2,1-2H3. The number of hydrogen-bond acceptors (Lipinski definition) is 3. The smallest absolute Gasteiger partial charge is 0.183 e. The van der Waals surface area contributed by atoms with Gasteiger partial charge in [0.2, 0.25) is 0 Å². The summed E-state index contributed by atoms with van der Waals surface area (Å²) >= 11 is 0. The van der Waals surface area contributed by atoms with Crippen LogP contribution < -0.4 is 4.90 Å². The SMILES string of the molecule is CC(C#N)CN(C)c1ccc(C#N)c(F)c1F. The van der Waals surface area contributed by atoms with Crippen molar-refractivity contribution in [2.75, 3.05) is 18.5 Å². The van der Waals surface area contributed by atoms with Crippen molar-refractivity contribution in [1.82, 2.24) is 0 Å². The first-order valence-corrected chi connectivity index (χ1v) is 5.00. The lowest BCUT2D eigenvalue weighted by atomic mass is 10.1. The summed E-state index contributed by atoms with van der Waals surface area (Å²) in [5, 5.41) is 17.2. The molecule has 0 amide bonds. The number of rotatable bonds is 3. The Morgan fingerprint density at radius 3 is 2.47 bits per heavy atom. The molecule has 0 fully saturated rings. The van der Waals surface area contributed by atoms with Gasteiger partial charge in [-0.15, -0.1) is 0 Å². The minimum Gasteiger partial charge on any atom is -0.371 e. The molecular formula is C12H11F2N3. The number of anilines is 1. The van der Waals surface area contributed by atoms with Gasteiger partial charge in [-0.25, -0.2) is 8.78 Å². The van der Waals surface area contributed by atoms with Crippen molar-refractivity contribution in [2.24, 2.45) is 5.92 Å². The summed E-state index contributed by atoms with van der Waals surface area (Å²) in [5.74, 6) is -2.50. The highest BCUT2D eigenvalue weighted by Gasteiger charge is 2.17. The molecule has 0 spiro atoms. The quantitative estimate of drug-likeness (QED) is 0.808. The van der Waals surface area contributed by atoms with Gasteiger partial charge in [-0.3, -0.25) is 0 Å². The fraction of sp³-hybridized carbons (Fsp3) is 0.333. The van der Waals surface area contributed by atoms with E-state index in [-0.39, 0.29) is 17.2 Å². The van der Waals surface area contributed by atoms with Gasteiger partial charge < -0.3 is 4.90 Å². The molecule has 17 heavy (non-hydrogen) atoms. The fourth-order valence-corrected chi connectivity index (χ4v) is 1.47. The molecule has 0 aliphatic heterocycles. The third kappa shape index (κ3) is 2.70. The van der Waals surface area contributed by atoms with E-state index in [1.165, 1.54) is 17.0 Å². The fourth-order valence-electron chi connectivity index (χ4n) is 1.47. The maximum Gasteiger partial charge on any atom is 0.183 e. The molecule has 0 aromatic heterocycles. The third-order valence-corrected chi connectivity index (χ3v) is 2.36. The van der Waals surface area contributed by atoms with Crippen molar-refractivity contribution in [3.05, 3.63) is 29.3 Å². The highest BCUT2D eigenvalue weighted by molar-refractivity contribution is 5.51. The van der Waals surface area contributed by atoms with Crippen molar-refractivity contribution in [3.63, 3.8) is 0 Å². The van der Waals surface area contributed by atoms with E-state index < -0.39 is 11.6 Å². The predicted octanol–water partition coefficient (Wildman–Crippen LogP) is 2.43. The van der Waals surface area contributed by atoms with E-state index in [2.05, 4.69) is 0 Å². The predicted molar refractivity (Wildman–Crippen MR) is 59.1 cm³/mol. The van der Waals surface area contributed by atoms with Gasteiger partial charge >= 0.3 is 0 Å². The largest absolute Gasteiger partial charge is 0.371 e. The Balaban J connectivity index is 3.05. The molecule has 5 heteroatoms.